The van der Waals surface area contributed by atoms with Gasteiger partial charge in [-0.3, -0.25) is 4.79 Å². The maximum absolute atomic E-state index is 12.1. The zero-order valence-electron chi connectivity index (χ0n) is 13.7. The molecule has 0 atom stereocenters. The number of halogens is 3. The molecule has 0 spiro atoms. The number of rotatable bonds is 3. The molecule has 0 saturated heterocycles. The van der Waals surface area contributed by atoms with E-state index in [-0.39, 0.29) is 11.3 Å². The van der Waals surface area contributed by atoms with Crippen molar-refractivity contribution in [1.82, 2.24) is 0 Å². The lowest BCUT2D eigenvalue weighted by Gasteiger charge is -2.20. The molecular formula is C19H18BrCl2NO. The van der Waals surface area contributed by atoms with Crippen LogP contribution in [0.1, 0.15) is 31.9 Å². The second-order valence-electron chi connectivity index (χ2n) is 6.44. The standard InChI is InChI=1S/C19H18BrCl2NO/c1-19(2,3)13-6-8-17(14(20)11-13)23-18(24)9-5-12-4-7-15(21)16(22)10-12/h4-11H,1-3H3,(H,23,24)/b9-5+. The molecule has 24 heavy (non-hydrogen) atoms. The summed E-state index contributed by atoms with van der Waals surface area (Å²) >= 11 is 15.3. The van der Waals surface area contributed by atoms with E-state index in [2.05, 4.69) is 42.0 Å². The van der Waals surface area contributed by atoms with Gasteiger partial charge in [0.25, 0.3) is 0 Å². The molecule has 0 aliphatic carbocycles. The van der Waals surface area contributed by atoms with Crippen LogP contribution >= 0.6 is 39.1 Å². The van der Waals surface area contributed by atoms with Crippen molar-refractivity contribution in [2.24, 2.45) is 0 Å². The maximum Gasteiger partial charge on any atom is 0.248 e. The highest BCUT2D eigenvalue weighted by Crippen LogP contribution is 2.30. The number of nitrogens with one attached hydrogen (secondary N) is 1. The predicted octanol–water partition coefficient (Wildman–Crippen LogP) is 6.71. The fourth-order valence-electron chi connectivity index (χ4n) is 2.05. The van der Waals surface area contributed by atoms with Gasteiger partial charge in [-0.15, -0.1) is 0 Å². The molecule has 0 aliphatic rings. The average Bonchev–Trinajstić information content (AvgIpc) is 2.49. The quantitative estimate of drug-likeness (QED) is 0.543. The highest BCUT2D eigenvalue weighted by atomic mass is 79.9. The smallest absolute Gasteiger partial charge is 0.248 e. The van der Waals surface area contributed by atoms with E-state index in [1.54, 1.807) is 24.3 Å². The number of amides is 1. The van der Waals surface area contributed by atoms with E-state index < -0.39 is 0 Å². The molecule has 2 aromatic carbocycles. The lowest BCUT2D eigenvalue weighted by atomic mass is 9.87. The highest BCUT2D eigenvalue weighted by molar-refractivity contribution is 9.10. The van der Waals surface area contributed by atoms with Crippen molar-refractivity contribution in [3.05, 3.63) is 68.1 Å². The monoisotopic (exact) mass is 425 g/mol. The first-order valence-electron chi connectivity index (χ1n) is 7.41. The first kappa shape index (κ1) is 19.0. The molecule has 1 amide bonds. The molecule has 2 aromatic rings. The summed E-state index contributed by atoms with van der Waals surface area (Å²) in [7, 11) is 0. The molecule has 2 nitrogen and oxygen atoms in total. The lowest BCUT2D eigenvalue weighted by molar-refractivity contribution is -0.111. The first-order valence-corrected chi connectivity index (χ1v) is 8.96. The van der Waals surface area contributed by atoms with E-state index in [4.69, 9.17) is 23.2 Å². The molecular weight excluding hydrogens is 409 g/mol. The Morgan fingerprint density at radius 1 is 1.08 bits per heavy atom. The molecule has 0 heterocycles. The Morgan fingerprint density at radius 2 is 1.79 bits per heavy atom. The van der Waals surface area contributed by atoms with Gasteiger partial charge in [-0.05, 0) is 62.8 Å². The number of carbonyl (C=O) groups excluding carboxylic acids is 1. The summed E-state index contributed by atoms with van der Waals surface area (Å²) in [5, 5.41) is 3.80. The average molecular weight is 427 g/mol. The summed E-state index contributed by atoms with van der Waals surface area (Å²) < 4.78 is 0.853. The maximum atomic E-state index is 12.1. The Hall–Kier alpha value is -1.29. The van der Waals surface area contributed by atoms with Crippen molar-refractivity contribution in [2.45, 2.75) is 26.2 Å². The molecule has 0 aromatic heterocycles. The van der Waals surface area contributed by atoms with Gasteiger partial charge < -0.3 is 5.32 Å². The van der Waals surface area contributed by atoms with Crippen LogP contribution in [0.2, 0.25) is 10.0 Å². The topological polar surface area (TPSA) is 29.1 Å². The summed E-state index contributed by atoms with van der Waals surface area (Å²) in [5.41, 5.74) is 2.78. The Morgan fingerprint density at radius 3 is 2.38 bits per heavy atom. The van der Waals surface area contributed by atoms with Crippen molar-refractivity contribution >= 4 is 56.8 Å². The molecule has 1 N–H and O–H groups in total. The zero-order chi connectivity index (χ0) is 17.9. The Labute approximate surface area is 161 Å². The molecule has 5 heteroatoms. The van der Waals surface area contributed by atoms with Crippen LogP contribution in [0.3, 0.4) is 0 Å². The van der Waals surface area contributed by atoms with E-state index in [1.807, 2.05) is 18.2 Å². The first-order chi connectivity index (χ1) is 11.2. The number of hydrogen-bond donors (Lipinski definition) is 1. The zero-order valence-corrected chi connectivity index (χ0v) is 16.8. The summed E-state index contributed by atoms with van der Waals surface area (Å²) in [5.74, 6) is -0.217. The third-order valence-corrected chi connectivity index (χ3v) is 4.86. The predicted molar refractivity (Wildman–Crippen MR) is 107 cm³/mol. The Kier molecular flexibility index (Phi) is 6.13. The number of carbonyl (C=O) groups is 1. The normalized spacial score (nSPS) is 11.8. The van der Waals surface area contributed by atoms with Crippen LogP contribution < -0.4 is 5.32 Å². The third kappa shape index (κ3) is 5.10. The van der Waals surface area contributed by atoms with Gasteiger partial charge in [-0.2, -0.15) is 0 Å². The van der Waals surface area contributed by atoms with Crippen molar-refractivity contribution in [3.63, 3.8) is 0 Å². The van der Waals surface area contributed by atoms with Crippen molar-refractivity contribution < 1.29 is 4.79 Å². The third-order valence-electron chi connectivity index (χ3n) is 3.46. The van der Waals surface area contributed by atoms with E-state index in [9.17, 15) is 4.79 Å². The summed E-state index contributed by atoms with van der Waals surface area (Å²) in [4.78, 5) is 12.1. The van der Waals surface area contributed by atoms with Crippen molar-refractivity contribution in [2.75, 3.05) is 5.32 Å². The molecule has 2 rings (SSSR count). The van der Waals surface area contributed by atoms with Gasteiger partial charge in [0.15, 0.2) is 0 Å². The van der Waals surface area contributed by atoms with Crippen molar-refractivity contribution in [3.8, 4) is 0 Å². The van der Waals surface area contributed by atoms with Gasteiger partial charge in [0.1, 0.15) is 0 Å². The second-order valence-corrected chi connectivity index (χ2v) is 8.11. The minimum Gasteiger partial charge on any atom is -0.321 e. The largest absolute Gasteiger partial charge is 0.321 e. The van der Waals surface area contributed by atoms with Gasteiger partial charge in [0, 0.05) is 10.5 Å². The van der Waals surface area contributed by atoms with Crippen molar-refractivity contribution in [1.29, 1.82) is 0 Å². The van der Waals surface area contributed by atoms with Crippen LogP contribution in [0.25, 0.3) is 6.08 Å². The van der Waals surface area contributed by atoms with Gasteiger partial charge >= 0.3 is 0 Å². The summed E-state index contributed by atoms with van der Waals surface area (Å²) in [6.45, 7) is 6.44. The van der Waals surface area contributed by atoms with Crippen LogP contribution in [-0.4, -0.2) is 5.91 Å². The number of hydrogen-bond acceptors (Lipinski definition) is 1. The Bertz CT molecular complexity index is 794. The highest BCUT2D eigenvalue weighted by Gasteiger charge is 2.15. The molecule has 0 saturated carbocycles. The minimum absolute atomic E-state index is 0.0544. The number of benzene rings is 2. The van der Waals surface area contributed by atoms with E-state index in [0.717, 1.165) is 15.7 Å². The summed E-state index contributed by atoms with van der Waals surface area (Å²) in [6.07, 6.45) is 3.15. The molecule has 0 fully saturated rings. The molecule has 0 unspecified atom stereocenters. The Balaban J connectivity index is 2.09. The van der Waals surface area contributed by atoms with E-state index >= 15 is 0 Å². The fourth-order valence-corrected chi connectivity index (χ4v) is 2.83. The van der Waals surface area contributed by atoms with Crippen LogP contribution in [0.4, 0.5) is 5.69 Å². The second kappa shape index (κ2) is 7.73. The van der Waals surface area contributed by atoms with Gasteiger partial charge in [-0.1, -0.05) is 56.1 Å². The fraction of sp³-hybridized carbons (Fsp3) is 0.211. The molecule has 0 aliphatic heterocycles. The minimum atomic E-state index is -0.217. The SMILES string of the molecule is CC(C)(C)c1ccc(NC(=O)/C=C/c2ccc(Cl)c(Cl)c2)c(Br)c1. The summed E-state index contributed by atoms with van der Waals surface area (Å²) in [6, 6.07) is 11.1. The van der Waals surface area contributed by atoms with Crippen LogP contribution in [0, 0.1) is 0 Å². The molecule has 0 radical (unpaired) electrons. The van der Waals surface area contributed by atoms with Gasteiger partial charge in [0.2, 0.25) is 5.91 Å². The van der Waals surface area contributed by atoms with Gasteiger partial charge in [0.05, 0.1) is 15.7 Å². The van der Waals surface area contributed by atoms with Crippen LogP contribution in [-0.2, 0) is 10.2 Å². The van der Waals surface area contributed by atoms with Crippen LogP contribution in [0.15, 0.2) is 46.9 Å². The molecule has 0 bridgehead atoms. The van der Waals surface area contributed by atoms with Crippen LogP contribution in [0.5, 0.6) is 0 Å². The molecule has 126 valence electrons. The van der Waals surface area contributed by atoms with E-state index in [0.29, 0.717) is 10.0 Å². The van der Waals surface area contributed by atoms with Gasteiger partial charge in [-0.25, -0.2) is 0 Å². The van der Waals surface area contributed by atoms with E-state index in [1.165, 1.54) is 11.6 Å². The number of anilines is 1. The lowest BCUT2D eigenvalue weighted by Crippen LogP contribution is -2.12.